The van der Waals surface area contributed by atoms with E-state index in [2.05, 4.69) is 4.98 Å². The first-order valence-electron chi connectivity index (χ1n) is 6.20. The lowest BCUT2D eigenvalue weighted by atomic mass is 10.1. The van der Waals surface area contributed by atoms with Crippen molar-refractivity contribution >= 4 is 22.1 Å². The van der Waals surface area contributed by atoms with Gasteiger partial charge in [-0.15, -0.1) is 0 Å². The van der Waals surface area contributed by atoms with E-state index in [0.29, 0.717) is 22.6 Å². The summed E-state index contributed by atoms with van der Waals surface area (Å²) < 4.78 is 10.9. The van der Waals surface area contributed by atoms with Crippen molar-refractivity contribution in [1.82, 2.24) is 4.98 Å². The molecule has 0 bridgehead atoms. The highest BCUT2D eigenvalue weighted by atomic mass is 16.4. The number of rotatable bonds is 1. The molecular formula is C16H9NO3. The van der Waals surface area contributed by atoms with Crippen molar-refractivity contribution in [3.8, 4) is 11.5 Å². The van der Waals surface area contributed by atoms with Crippen molar-refractivity contribution in [2.24, 2.45) is 0 Å². The zero-order valence-electron chi connectivity index (χ0n) is 10.4. The van der Waals surface area contributed by atoms with Gasteiger partial charge in [0, 0.05) is 11.5 Å². The van der Waals surface area contributed by atoms with Gasteiger partial charge in [-0.25, -0.2) is 9.78 Å². The maximum absolute atomic E-state index is 11.7. The van der Waals surface area contributed by atoms with Crippen molar-refractivity contribution in [1.29, 1.82) is 0 Å². The second-order valence-electron chi connectivity index (χ2n) is 4.46. The summed E-state index contributed by atoms with van der Waals surface area (Å²) in [6, 6.07) is 16.2. The molecule has 0 fully saturated rings. The third-order valence-corrected chi connectivity index (χ3v) is 3.17. The van der Waals surface area contributed by atoms with Crippen LogP contribution in [0.25, 0.3) is 33.5 Å². The molecule has 0 aliphatic heterocycles. The molecule has 0 amide bonds. The van der Waals surface area contributed by atoms with E-state index in [0.717, 1.165) is 10.9 Å². The monoisotopic (exact) mass is 263 g/mol. The van der Waals surface area contributed by atoms with Gasteiger partial charge in [0.25, 0.3) is 0 Å². The molecule has 0 unspecified atom stereocenters. The lowest BCUT2D eigenvalue weighted by Crippen LogP contribution is -1.97. The van der Waals surface area contributed by atoms with Gasteiger partial charge in [-0.05, 0) is 18.2 Å². The average Bonchev–Trinajstić information content (AvgIpc) is 2.90. The van der Waals surface area contributed by atoms with E-state index in [1.54, 1.807) is 6.07 Å². The molecule has 0 saturated heterocycles. The maximum Gasteiger partial charge on any atom is 0.337 e. The Labute approximate surface area is 113 Å². The summed E-state index contributed by atoms with van der Waals surface area (Å²) in [6.07, 6.45) is 0. The smallest absolute Gasteiger partial charge is 0.337 e. The summed E-state index contributed by atoms with van der Waals surface area (Å²) in [5.41, 5.74) is 2.21. The SMILES string of the molecule is O=c1cc(-c2nc3ccccc3o2)c2ccccc2o1. The number of nitrogens with zero attached hydrogens (tertiary/aromatic N) is 1. The van der Waals surface area contributed by atoms with Crippen molar-refractivity contribution < 1.29 is 8.83 Å². The largest absolute Gasteiger partial charge is 0.436 e. The minimum absolute atomic E-state index is 0.416. The van der Waals surface area contributed by atoms with Crippen LogP contribution in [0.5, 0.6) is 0 Å². The van der Waals surface area contributed by atoms with E-state index in [1.807, 2.05) is 42.5 Å². The first kappa shape index (κ1) is 11.0. The topological polar surface area (TPSA) is 56.2 Å². The van der Waals surface area contributed by atoms with Crippen LogP contribution in [0.4, 0.5) is 0 Å². The fraction of sp³-hybridized carbons (Fsp3) is 0. The third kappa shape index (κ3) is 1.62. The van der Waals surface area contributed by atoms with Gasteiger partial charge in [-0.2, -0.15) is 0 Å². The quantitative estimate of drug-likeness (QED) is 0.492. The predicted octanol–water partition coefficient (Wildman–Crippen LogP) is 3.60. The molecule has 4 rings (SSSR count). The number of benzene rings is 2. The molecule has 4 nitrogen and oxygen atoms in total. The van der Waals surface area contributed by atoms with Crippen LogP contribution in [0.3, 0.4) is 0 Å². The number of fused-ring (bicyclic) bond motifs is 2. The molecule has 0 spiro atoms. The molecule has 2 aromatic carbocycles. The molecule has 0 aliphatic rings. The van der Waals surface area contributed by atoms with Crippen LogP contribution in [-0.4, -0.2) is 4.98 Å². The van der Waals surface area contributed by atoms with Crippen LogP contribution in [0.15, 0.2) is 68.2 Å². The Morgan fingerprint density at radius 2 is 1.60 bits per heavy atom. The van der Waals surface area contributed by atoms with Crippen LogP contribution in [0.1, 0.15) is 0 Å². The Morgan fingerprint density at radius 1 is 0.850 bits per heavy atom. The molecule has 0 radical (unpaired) electrons. The Bertz CT molecular complexity index is 949. The molecule has 20 heavy (non-hydrogen) atoms. The fourth-order valence-corrected chi connectivity index (χ4v) is 2.28. The fourth-order valence-electron chi connectivity index (χ4n) is 2.28. The molecule has 4 heteroatoms. The zero-order valence-corrected chi connectivity index (χ0v) is 10.4. The molecule has 0 saturated carbocycles. The molecule has 2 aromatic heterocycles. The Hall–Kier alpha value is -2.88. The Balaban J connectivity index is 2.08. The number of hydrogen-bond donors (Lipinski definition) is 0. The van der Waals surface area contributed by atoms with Crippen LogP contribution in [0, 0.1) is 0 Å². The van der Waals surface area contributed by atoms with Crippen molar-refractivity contribution in [2.45, 2.75) is 0 Å². The Kier molecular flexibility index (Phi) is 2.23. The van der Waals surface area contributed by atoms with Gasteiger partial charge in [-0.1, -0.05) is 30.3 Å². The van der Waals surface area contributed by atoms with E-state index >= 15 is 0 Å². The van der Waals surface area contributed by atoms with Gasteiger partial charge in [0.05, 0.1) is 5.56 Å². The molecule has 96 valence electrons. The summed E-state index contributed by atoms with van der Waals surface area (Å²) in [4.78, 5) is 16.1. The molecular weight excluding hydrogens is 254 g/mol. The van der Waals surface area contributed by atoms with Gasteiger partial charge in [0.1, 0.15) is 11.1 Å². The standard InChI is InChI=1S/C16H9NO3/c18-15-9-11(10-5-1-3-7-13(10)19-15)16-17-12-6-2-4-8-14(12)20-16/h1-9H. The van der Waals surface area contributed by atoms with Crippen LogP contribution in [0.2, 0.25) is 0 Å². The highest BCUT2D eigenvalue weighted by Gasteiger charge is 2.13. The number of para-hydroxylation sites is 3. The van der Waals surface area contributed by atoms with Crippen LogP contribution >= 0.6 is 0 Å². The highest BCUT2D eigenvalue weighted by Crippen LogP contribution is 2.29. The number of aromatic nitrogens is 1. The summed E-state index contributed by atoms with van der Waals surface area (Å²) in [7, 11) is 0. The lowest BCUT2D eigenvalue weighted by molar-refractivity contribution is 0.559. The summed E-state index contributed by atoms with van der Waals surface area (Å²) >= 11 is 0. The molecule has 0 N–H and O–H groups in total. The zero-order chi connectivity index (χ0) is 13.5. The lowest BCUT2D eigenvalue weighted by Gasteiger charge is -2.00. The van der Waals surface area contributed by atoms with Gasteiger partial charge in [0.15, 0.2) is 5.58 Å². The van der Waals surface area contributed by atoms with E-state index in [4.69, 9.17) is 8.83 Å². The van der Waals surface area contributed by atoms with Crippen LogP contribution in [-0.2, 0) is 0 Å². The highest BCUT2D eigenvalue weighted by molar-refractivity contribution is 5.92. The summed E-state index contributed by atoms with van der Waals surface area (Å²) in [5.74, 6) is 0.426. The normalized spacial score (nSPS) is 11.2. The van der Waals surface area contributed by atoms with Crippen molar-refractivity contribution in [2.75, 3.05) is 0 Å². The van der Waals surface area contributed by atoms with Crippen LogP contribution < -0.4 is 5.63 Å². The second-order valence-corrected chi connectivity index (χ2v) is 4.46. The summed E-state index contributed by atoms with van der Waals surface area (Å²) in [5, 5.41) is 0.804. The number of oxazole rings is 1. The molecule has 0 atom stereocenters. The van der Waals surface area contributed by atoms with Gasteiger partial charge in [-0.3, -0.25) is 0 Å². The van der Waals surface area contributed by atoms with Gasteiger partial charge < -0.3 is 8.83 Å². The minimum atomic E-state index is -0.416. The van der Waals surface area contributed by atoms with Crippen molar-refractivity contribution in [3.05, 3.63) is 65.0 Å². The second kappa shape index (κ2) is 4.06. The minimum Gasteiger partial charge on any atom is -0.436 e. The first-order valence-corrected chi connectivity index (χ1v) is 6.20. The predicted molar refractivity (Wildman–Crippen MR) is 75.5 cm³/mol. The van der Waals surface area contributed by atoms with E-state index in [9.17, 15) is 4.79 Å². The average molecular weight is 263 g/mol. The van der Waals surface area contributed by atoms with Gasteiger partial charge in [0.2, 0.25) is 5.89 Å². The molecule has 0 aliphatic carbocycles. The van der Waals surface area contributed by atoms with Crippen molar-refractivity contribution in [3.63, 3.8) is 0 Å². The number of hydrogen-bond acceptors (Lipinski definition) is 4. The Morgan fingerprint density at radius 3 is 2.45 bits per heavy atom. The third-order valence-electron chi connectivity index (χ3n) is 3.17. The van der Waals surface area contributed by atoms with Gasteiger partial charge >= 0.3 is 5.63 Å². The summed E-state index contributed by atoms with van der Waals surface area (Å²) in [6.45, 7) is 0. The molecule has 4 aromatic rings. The molecule has 2 heterocycles. The van der Waals surface area contributed by atoms with E-state index in [-0.39, 0.29) is 0 Å². The van der Waals surface area contributed by atoms with E-state index < -0.39 is 5.63 Å². The first-order chi connectivity index (χ1) is 9.81. The van der Waals surface area contributed by atoms with E-state index in [1.165, 1.54) is 6.07 Å². The maximum atomic E-state index is 11.7.